The van der Waals surface area contributed by atoms with Crippen molar-refractivity contribution >= 4 is 5.78 Å². The number of benzene rings is 1. The largest absolute Gasteiger partial charge is 0.457 e. The lowest BCUT2D eigenvalue weighted by atomic mass is 9.89. The van der Waals surface area contributed by atoms with Gasteiger partial charge in [0.2, 0.25) is 6.23 Å². The van der Waals surface area contributed by atoms with Gasteiger partial charge in [0.15, 0.2) is 11.5 Å². The molecule has 0 bridgehead atoms. The van der Waals surface area contributed by atoms with Gasteiger partial charge in [-0.1, -0.05) is 39.0 Å². The van der Waals surface area contributed by atoms with Crippen molar-refractivity contribution in [3.63, 3.8) is 0 Å². The molecule has 5 nitrogen and oxygen atoms in total. The van der Waals surface area contributed by atoms with Gasteiger partial charge in [-0.2, -0.15) is 0 Å². The SMILES string of the molecule is CC(C)(C)C(=O)C(Oc1cccnc1Oc1ccccc1)n1cccc1. The van der Waals surface area contributed by atoms with Crippen molar-refractivity contribution in [1.82, 2.24) is 9.55 Å². The molecular formula is C21H22N2O3. The Balaban J connectivity index is 1.91. The van der Waals surface area contributed by atoms with Crippen LogP contribution in [0.15, 0.2) is 73.2 Å². The maximum atomic E-state index is 12.9. The van der Waals surface area contributed by atoms with Crippen molar-refractivity contribution < 1.29 is 14.3 Å². The van der Waals surface area contributed by atoms with Gasteiger partial charge in [-0.25, -0.2) is 4.98 Å². The third-order valence-electron chi connectivity index (χ3n) is 3.79. The molecule has 1 aromatic carbocycles. The van der Waals surface area contributed by atoms with E-state index in [1.54, 1.807) is 22.9 Å². The molecule has 0 fully saturated rings. The summed E-state index contributed by atoms with van der Waals surface area (Å²) in [5.74, 6) is 1.34. The highest BCUT2D eigenvalue weighted by molar-refractivity contribution is 5.86. The lowest BCUT2D eigenvalue weighted by Crippen LogP contribution is -2.33. The van der Waals surface area contributed by atoms with E-state index in [1.807, 2.05) is 75.6 Å². The number of rotatable bonds is 6. The summed E-state index contributed by atoms with van der Waals surface area (Å²) in [6.07, 6.45) is 4.44. The average Bonchev–Trinajstić information content (AvgIpc) is 3.15. The fourth-order valence-corrected chi connectivity index (χ4v) is 2.39. The van der Waals surface area contributed by atoms with Crippen molar-refractivity contribution in [2.24, 2.45) is 5.41 Å². The molecule has 0 aliphatic heterocycles. The minimum Gasteiger partial charge on any atom is -0.457 e. The highest BCUT2D eigenvalue weighted by atomic mass is 16.5. The van der Waals surface area contributed by atoms with Crippen LogP contribution in [0, 0.1) is 5.41 Å². The molecule has 26 heavy (non-hydrogen) atoms. The molecule has 0 saturated heterocycles. The van der Waals surface area contributed by atoms with Crippen molar-refractivity contribution in [2.75, 3.05) is 0 Å². The lowest BCUT2D eigenvalue weighted by Gasteiger charge is -2.26. The Morgan fingerprint density at radius 2 is 1.69 bits per heavy atom. The van der Waals surface area contributed by atoms with E-state index in [2.05, 4.69) is 4.98 Å². The number of pyridine rings is 1. The van der Waals surface area contributed by atoms with E-state index < -0.39 is 11.6 Å². The number of ether oxygens (including phenoxy) is 2. The van der Waals surface area contributed by atoms with Gasteiger partial charge in [0.25, 0.3) is 5.88 Å². The second kappa shape index (κ2) is 7.44. The van der Waals surface area contributed by atoms with Gasteiger partial charge in [0.1, 0.15) is 5.75 Å². The molecule has 1 atom stereocenters. The second-order valence-electron chi connectivity index (χ2n) is 6.94. The summed E-state index contributed by atoms with van der Waals surface area (Å²) in [5, 5.41) is 0. The molecule has 0 saturated carbocycles. The third-order valence-corrected chi connectivity index (χ3v) is 3.79. The topological polar surface area (TPSA) is 53.4 Å². The number of hydrogen-bond donors (Lipinski definition) is 0. The normalized spacial score (nSPS) is 12.4. The van der Waals surface area contributed by atoms with E-state index in [9.17, 15) is 4.79 Å². The van der Waals surface area contributed by atoms with Crippen LogP contribution in [0.25, 0.3) is 0 Å². The summed E-state index contributed by atoms with van der Waals surface area (Å²) < 4.78 is 13.7. The van der Waals surface area contributed by atoms with E-state index in [0.29, 0.717) is 17.4 Å². The molecule has 134 valence electrons. The van der Waals surface area contributed by atoms with E-state index >= 15 is 0 Å². The van der Waals surface area contributed by atoms with Crippen molar-refractivity contribution in [2.45, 2.75) is 27.0 Å². The minimum absolute atomic E-state index is 0.0387. The van der Waals surface area contributed by atoms with Crippen LogP contribution >= 0.6 is 0 Å². The number of para-hydroxylation sites is 1. The summed E-state index contributed by atoms with van der Waals surface area (Å²) >= 11 is 0. The Kier molecular flexibility index (Phi) is 5.07. The Morgan fingerprint density at radius 1 is 1.00 bits per heavy atom. The predicted octanol–water partition coefficient (Wildman–Crippen LogP) is 4.87. The Morgan fingerprint density at radius 3 is 2.35 bits per heavy atom. The number of Topliss-reactive ketones (excluding diaryl/α,β-unsaturated/α-hetero) is 1. The van der Waals surface area contributed by atoms with Crippen LogP contribution in [0.3, 0.4) is 0 Å². The minimum atomic E-state index is -0.799. The quantitative estimate of drug-likeness (QED) is 0.636. The standard InChI is InChI=1S/C21H22N2O3/c1-21(2,3)18(24)20(23-14-7-8-15-23)26-17-12-9-13-22-19(17)25-16-10-5-4-6-11-16/h4-15,20H,1-3H3. The van der Waals surface area contributed by atoms with Crippen molar-refractivity contribution in [3.05, 3.63) is 73.2 Å². The van der Waals surface area contributed by atoms with Crippen LogP contribution in [0.5, 0.6) is 17.4 Å². The van der Waals surface area contributed by atoms with Crippen LogP contribution in [0.2, 0.25) is 0 Å². The smallest absolute Gasteiger partial charge is 0.262 e. The van der Waals surface area contributed by atoms with Crippen molar-refractivity contribution in [3.8, 4) is 17.4 Å². The third kappa shape index (κ3) is 4.11. The first-order chi connectivity index (χ1) is 12.4. The summed E-state index contributed by atoms with van der Waals surface area (Å²) in [6.45, 7) is 5.62. The molecule has 0 spiro atoms. The second-order valence-corrected chi connectivity index (χ2v) is 6.94. The molecule has 3 aromatic rings. The Hall–Kier alpha value is -3.08. The summed E-state index contributed by atoms with van der Waals surface area (Å²) in [4.78, 5) is 17.2. The number of carbonyl (C=O) groups excluding carboxylic acids is 1. The maximum Gasteiger partial charge on any atom is 0.262 e. The molecule has 0 aliphatic rings. The molecule has 0 amide bonds. The van der Waals surface area contributed by atoms with Gasteiger partial charge in [-0.15, -0.1) is 0 Å². The van der Waals surface area contributed by atoms with Gasteiger partial charge in [-0.05, 0) is 36.4 Å². The molecule has 5 heteroatoms. The van der Waals surface area contributed by atoms with Gasteiger partial charge < -0.3 is 14.0 Å². The zero-order chi connectivity index (χ0) is 18.6. The van der Waals surface area contributed by atoms with Crippen molar-refractivity contribution in [1.29, 1.82) is 0 Å². The molecule has 2 aromatic heterocycles. The number of ketones is 1. The number of hydrogen-bond acceptors (Lipinski definition) is 4. The van der Waals surface area contributed by atoms with Crippen LogP contribution in [-0.2, 0) is 4.79 Å². The average molecular weight is 350 g/mol. The van der Waals surface area contributed by atoms with E-state index in [0.717, 1.165) is 0 Å². The predicted molar refractivity (Wildman–Crippen MR) is 99.3 cm³/mol. The Bertz CT molecular complexity index is 852. The zero-order valence-corrected chi connectivity index (χ0v) is 15.1. The van der Waals surface area contributed by atoms with Crippen LogP contribution in [0.4, 0.5) is 0 Å². The Labute approximate surface area is 153 Å². The fraction of sp³-hybridized carbons (Fsp3) is 0.238. The summed E-state index contributed by atoms with van der Waals surface area (Å²) in [5.41, 5.74) is -0.558. The van der Waals surface area contributed by atoms with Gasteiger partial charge in [0, 0.05) is 24.0 Å². The molecule has 0 N–H and O–H groups in total. The molecule has 0 aliphatic carbocycles. The lowest BCUT2D eigenvalue weighted by molar-refractivity contribution is -0.137. The highest BCUT2D eigenvalue weighted by Gasteiger charge is 2.33. The molecule has 1 unspecified atom stereocenters. The summed E-state index contributed by atoms with van der Waals surface area (Å²) in [7, 11) is 0. The van der Waals surface area contributed by atoms with Gasteiger partial charge in [-0.3, -0.25) is 4.79 Å². The van der Waals surface area contributed by atoms with Crippen LogP contribution in [0.1, 0.15) is 27.0 Å². The number of carbonyl (C=O) groups is 1. The maximum absolute atomic E-state index is 12.9. The zero-order valence-electron chi connectivity index (χ0n) is 15.1. The number of nitrogens with zero attached hydrogens (tertiary/aromatic N) is 2. The highest BCUT2D eigenvalue weighted by Crippen LogP contribution is 2.33. The van der Waals surface area contributed by atoms with Crippen LogP contribution < -0.4 is 9.47 Å². The fourth-order valence-electron chi connectivity index (χ4n) is 2.39. The molecule has 0 radical (unpaired) electrons. The molecule has 2 heterocycles. The van der Waals surface area contributed by atoms with E-state index in [1.165, 1.54) is 0 Å². The van der Waals surface area contributed by atoms with Crippen LogP contribution in [-0.4, -0.2) is 15.3 Å². The van der Waals surface area contributed by atoms with E-state index in [4.69, 9.17) is 9.47 Å². The molecular weight excluding hydrogens is 328 g/mol. The number of aromatic nitrogens is 2. The monoisotopic (exact) mass is 350 g/mol. The van der Waals surface area contributed by atoms with Gasteiger partial charge >= 0.3 is 0 Å². The molecule has 3 rings (SSSR count). The first kappa shape index (κ1) is 17.7. The van der Waals surface area contributed by atoms with E-state index in [-0.39, 0.29) is 5.78 Å². The first-order valence-electron chi connectivity index (χ1n) is 8.46. The van der Waals surface area contributed by atoms with Gasteiger partial charge in [0.05, 0.1) is 0 Å². The first-order valence-corrected chi connectivity index (χ1v) is 8.46. The summed E-state index contributed by atoms with van der Waals surface area (Å²) in [6, 6.07) is 16.6.